The maximum atomic E-state index is 11.7. The molecule has 0 aliphatic heterocycles. The molecule has 2 N–H and O–H groups in total. The molecule has 0 unspecified atom stereocenters. The number of benzene rings is 1. The summed E-state index contributed by atoms with van der Waals surface area (Å²) in [5.41, 5.74) is 1.78. The molecule has 3 nitrogen and oxygen atoms in total. The standard InChI is InChI=1S/C12H17NO2S/c1-9(7-14)13-12(15)11-5-3-4-10(6-11)8-16-2/h3-6,9,14H,7-8H2,1-2H3,(H,13,15)/t9-/m1/s1. The van der Waals surface area contributed by atoms with Crippen LogP contribution in [-0.2, 0) is 5.75 Å². The Bertz CT molecular complexity index is 355. The second-order valence-corrected chi connectivity index (χ2v) is 4.56. The highest BCUT2D eigenvalue weighted by molar-refractivity contribution is 7.97. The molecule has 0 bridgehead atoms. The van der Waals surface area contributed by atoms with Gasteiger partial charge in [0.25, 0.3) is 5.91 Å². The molecule has 0 aliphatic rings. The maximum absolute atomic E-state index is 11.7. The van der Waals surface area contributed by atoms with E-state index in [1.807, 2.05) is 24.5 Å². The Labute approximate surface area is 100 Å². The fourth-order valence-corrected chi connectivity index (χ4v) is 1.83. The Morgan fingerprint density at radius 1 is 1.56 bits per heavy atom. The number of hydrogen-bond acceptors (Lipinski definition) is 3. The van der Waals surface area contributed by atoms with Gasteiger partial charge >= 0.3 is 0 Å². The second kappa shape index (κ2) is 6.55. The van der Waals surface area contributed by atoms with Crippen molar-refractivity contribution in [3.63, 3.8) is 0 Å². The van der Waals surface area contributed by atoms with Crippen molar-refractivity contribution in [1.29, 1.82) is 0 Å². The molecule has 1 rings (SSSR count). The highest BCUT2D eigenvalue weighted by atomic mass is 32.2. The Hall–Kier alpha value is -1.00. The summed E-state index contributed by atoms with van der Waals surface area (Å²) in [6.45, 7) is 1.72. The summed E-state index contributed by atoms with van der Waals surface area (Å²) in [5.74, 6) is 0.765. The van der Waals surface area contributed by atoms with Crippen LogP contribution < -0.4 is 5.32 Å². The summed E-state index contributed by atoms with van der Waals surface area (Å²) in [4.78, 5) is 11.7. The summed E-state index contributed by atoms with van der Waals surface area (Å²) in [6.07, 6.45) is 2.03. The van der Waals surface area contributed by atoms with Gasteiger partial charge < -0.3 is 10.4 Å². The number of aliphatic hydroxyl groups excluding tert-OH is 1. The third-order valence-electron chi connectivity index (χ3n) is 2.15. The lowest BCUT2D eigenvalue weighted by atomic mass is 10.1. The van der Waals surface area contributed by atoms with Gasteiger partial charge in [-0.1, -0.05) is 12.1 Å². The van der Waals surface area contributed by atoms with E-state index in [4.69, 9.17) is 5.11 Å². The Balaban J connectivity index is 2.71. The summed E-state index contributed by atoms with van der Waals surface area (Å²) >= 11 is 1.72. The van der Waals surface area contributed by atoms with E-state index in [0.29, 0.717) is 5.56 Å². The lowest BCUT2D eigenvalue weighted by Gasteiger charge is -2.11. The fourth-order valence-electron chi connectivity index (χ4n) is 1.32. The van der Waals surface area contributed by atoms with E-state index in [2.05, 4.69) is 5.32 Å². The molecule has 16 heavy (non-hydrogen) atoms. The number of carbonyl (C=O) groups is 1. The van der Waals surface area contributed by atoms with Crippen molar-refractivity contribution in [2.75, 3.05) is 12.9 Å². The Morgan fingerprint density at radius 3 is 2.94 bits per heavy atom. The van der Waals surface area contributed by atoms with E-state index >= 15 is 0 Å². The summed E-state index contributed by atoms with van der Waals surface area (Å²) in [7, 11) is 0. The topological polar surface area (TPSA) is 49.3 Å². The molecule has 0 aromatic heterocycles. The first kappa shape index (κ1) is 13.1. The molecule has 1 aromatic rings. The zero-order chi connectivity index (χ0) is 12.0. The van der Waals surface area contributed by atoms with Gasteiger partial charge in [0.2, 0.25) is 0 Å². The lowest BCUT2D eigenvalue weighted by Crippen LogP contribution is -2.34. The zero-order valence-electron chi connectivity index (χ0n) is 9.56. The molecule has 88 valence electrons. The molecule has 1 amide bonds. The number of nitrogens with one attached hydrogen (secondary N) is 1. The minimum atomic E-state index is -0.211. The normalized spacial score (nSPS) is 12.2. The minimum absolute atomic E-state index is 0.0454. The summed E-state index contributed by atoms with van der Waals surface area (Å²) < 4.78 is 0. The van der Waals surface area contributed by atoms with Crippen LogP contribution in [0.15, 0.2) is 24.3 Å². The van der Waals surface area contributed by atoms with Gasteiger partial charge in [-0.2, -0.15) is 11.8 Å². The van der Waals surface area contributed by atoms with Gasteiger partial charge in [-0.3, -0.25) is 4.79 Å². The van der Waals surface area contributed by atoms with Crippen molar-refractivity contribution in [1.82, 2.24) is 5.32 Å². The SMILES string of the molecule is CSCc1cccc(C(=O)N[C@H](C)CO)c1. The van der Waals surface area contributed by atoms with E-state index in [1.54, 1.807) is 24.8 Å². The van der Waals surface area contributed by atoms with Crippen LogP contribution >= 0.6 is 11.8 Å². The molecular formula is C12H17NO2S. The maximum Gasteiger partial charge on any atom is 0.251 e. The third kappa shape index (κ3) is 3.87. The first-order valence-electron chi connectivity index (χ1n) is 5.17. The average Bonchev–Trinajstić information content (AvgIpc) is 2.29. The first-order chi connectivity index (χ1) is 7.67. The van der Waals surface area contributed by atoms with Crippen molar-refractivity contribution in [3.05, 3.63) is 35.4 Å². The van der Waals surface area contributed by atoms with Crippen molar-refractivity contribution in [3.8, 4) is 0 Å². The monoisotopic (exact) mass is 239 g/mol. The highest BCUT2D eigenvalue weighted by Gasteiger charge is 2.08. The molecule has 0 spiro atoms. The summed E-state index contributed by atoms with van der Waals surface area (Å²) in [5, 5.41) is 11.6. The van der Waals surface area contributed by atoms with E-state index in [0.717, 1.165) is 11.3 Å². The van der Waals surface area contributed by atoms with Crippen LogP contribution in [0.3, 0.4) is 0 Å². The molecule has 0 aliphatic carbocycles. The molecule has 0 fully saturated rings. The van der Waals surface area contributed by atoms with Crippen LogP contribution in [0.25, 0.3) is 0 Å². The van der Waals surface area contributed by atoms with Crippen LogP contribution in [0, 0.1) is 0 Å². The number of carbonyl (C=O) groups excluding carboxylic acids is 1. The predicted molar refractivity (Wildman–Crippen MR) is 67.7 cm³/mol. The van der Waals surface area contributed by atoms with Crippen molar-refractivity contribution in [2.45, 2.75) is 18.7 Å². The molecule has 1 atom stereocenters. The van der Waals surface area contributed by atoms with Gasteiger partial charge in [0.15, 0.2) is 0 Å². The predicted octanol–water partition coefficient (Wildman–Crippen LogP) is 1.66. The number of thioether (sulfide) groups is 1. The van der Waals surface area contributed by atoms with Crippen LogP contribution in [0.2, 0.25) is 0 Å². The number of hydrogen-bond donors (Lipinski definition) is 2. The summed E-state index contributed by atoms with van der Waals surface area (Å²) in [6, 6.07) is 7.34. The van der Waals surface area contributed by atoms with Gasteiger partial charge in [-0.05, 0) is 30.9 Å². The molecule has 0 radical (unpaired) electrons. The van der Waals surface area contributed by atoms with Crippen LogP contribution in [-0.4, -0.2) is 29.9 Å². The van der Waals surface area contributed by atoms with E-state index in [1.165, 1.54) is 0 Å². The van der Waals surface area contributed by atoms with Gasteiger partial charge in [0.1, 0.15) is 0 Å². The molecule has 0 saturated heterocycles. The van der Waals surface area contributed by atoms with Crippen molar-refractivity contribution >= 4 is 17.7 Å². The third-order valence-corrected chi connectivity index (χ3v) is 2.77. The lowest BCUT2D eigenvalue weighted by molar-refractivity contribution is 0.0922. The highest BCUT2D eigenvalue weighted by Crippen LogP contribution is 2.11. The number of rotatable bonds is 5. The van der Waals surface area contributed by atoms with Gasteiger partial charge in [-0.25, -0.2) is 0 Å². The number of amides is 1. The van der Waals surface area contributed by atoms with Gasteiger partial charge in [0, 0.05) is 17.4 Å². The quantitative estimate of drug-likeness (QED) is 0.821. The molecule has 0 heterocycles. The zero-order valence-corrected chi connectivity index (χ0v) is 10.4. The van der Waals surface area contributed by atoms with Gasteiger partial charge in [-0.15, -0.1) is 0 Å². The Morgan fingerprint density at radius 2 is 2.31 bits per heavy atom. The van der Waals surface area contributed by atoms with E-state index in [9.17, 15) is 4.79 Å². The largest absolute Gasteiger partial charge is 0.394 e. The van der Waals surface area contributed by atoms with Crippen LogP contribution in [0.1, 0.15) is 22.8 Å². The van der Waals surface area contributed by atoms with Crippen molar-refractivity contribution in [2.24, 2.45) is 0 Å². The van der Waals surface area contributed by atoms with Crippen molar-refractivity contribution < 1.29 is 9.90 Å². The first-order valence-corrected chi connectivity index (χ1v) is 6.56. The number of aliphatic hydroxyl groups is 1. The van der Waals surface area contributed by atoms with Gasteiger partial charge in [0.05, 0.1) is 6.61 Å². The fraction of sp³-hybridized carbons (Fsp3) is 0.417. The minimum Gasteiger partial charge on any atom is -0.394 e. The second-order valence-electron chi connectivity index (χ2n) is 3.69. The Kier molecular flexibility index (Phi) is 5.35. The smallest absolute Gasteiger partial charge is 0.251 e. The molecular weight excluding hydrogens is 222 g/mol. The van der Waals surface area contributed by atoms with Crippen LogP contribution in [0.5, 0.6) is 0 Å². The van der Waals surface area contributed by atoms with Crippen LogP contribution in [0.4, 0.5) is 0 Å². The average molecular weight is 239 g/mol. The molecule has 1 aromatic carbocycles. The van der Waals surface area contributed by atoms with E-state index < -0.39 is 0 Å². The van der Waals surface area contributed by atoms with E-state index in [-0.39, 0.29) is 18.6 Å². The molecule has 4 heteroatoms. The molecule has 0 saturated carbocycles.